The van der Waals surface area contributed by atoms with Crippen LogP contribution in [0.2, 0.25) is 0 Å². The summed E-state index contributed by atoms with van der Waals surface area (Å²) in [5, 5.41) is 7.89. The number of carbonyl (C=O) groups excluding carboxylic acids is 1. The van der Waals surface area contributed by atoms with E-state index in [0.717, 1.165) is 48.6 Å². The molecule has 0 atom stereocenters. The minimum atomic E-state index is -0.0833. The lowest BCUT2D eigenvalue weighted by atomic mass is 10.1. The van der Waals surface area contributed by atoms with Crippen molar-refractivity contribution >= 4 is 28.9 Å². The third kappa shape index (κ3) is 4.29. The van der Waals surface area contributed by atoms with E-state index in [1.54, 1.807) is 29.7 Å². The number of likely N-dealkylation sites (N-methyl/N-ethyl adjacent to an activating group) is 1. The van der Waals surface area contributed by atoms with E-state index >= 15 is 0 Å². The van der Waals surface area contributed by atoms with E-state index in [1.807, 2.05) is 48.7 Å². The number of piperazine rings is 1. The van der Waals surface area contributed by atoms with Gasteiger partial charge in [0.15, 0.2) is 0 Å². The Balaban J connectivity index is 1.45. The van der Waals surface area contributed by atoms with E-state index in [9.17, 15) is 4.79 Å². The molecule has 4 aromatic rings. The van der Waals surface area contributed by atoms with Crippen LogP contribution in [0.4, 0.5) is 17.5 Å². The molecule has 1 saturated heterocycles. The molecule has 3 aromatic heterocycles. The topological polar surface area (TPSA) is 81.9 Å². The van der Waals surface area contributed by atoms with Crippen LogP contribution in [0, 0.1) is 0 Å². The molecule has 9 nitrogen and oxygen atoms in total. The zero-order valence-electron chi connectivity index (χ0n) is 19.6. The second kappa shape index (κ2) is 9.11. The number of carbonyl (C=O) groups is 1. The van der Waals surface area contributed by atoms with Gasteiger partial charge in [-0.05, 0) is 25.2 Å². The molecule has 1 amide bonds. The van der Waals surface area contributed by atoms with Crippen LogP contribution in [-0.2, 0) is 0 Å². The van der Waals surface area contributed by atoms with Crippen LogP contribution in [0.5, 0.6) is 0 Å². The first kappa shape index (κ1) is 21.8. The maximum absolute atomic E-state index is 12.9. The first-order chi connectivity index (χ1) is 16.5. The van der Waals surface area contributed by atoms with Gasteiger partial charge < -0.3 is 20.0 Å². The number of hydrogen-bond acceptors (Lipinski definition) is 7. The van der Waals surface area contributed by atoms with Crippen molar-refractivity contribution in [3.63, 3.8) is 0 Å². The van der Waals surface area contributed by atoms with Crippen molar-refractivity contribution in [3.8, 4) is 11.3 Å². The van der Waals surface area contributed by atoms with Gasteiger partial charge in [-0.1, -0.05) is 30.3 Å². The van der Waals surface area contributed by atoms with Gasteiger partial charge in [-0.3, -0.25) is 4.79 Å². The number of hydrogen-bond donors (Lipinski definition) is 1. The summed E-state index contributed by atoms with van der Waals surface area (Å²) in [6.45, 7) is 4.09. The van der Waals surface area contributed by atoms with Gasteiger partial charge in [-0.2, -0.15) is 0 Å². The highest BCUT2D eigenvalue weighted by Crippen LogP contribution is 2.28. The standard InChI is InChI=1S/C25H28N8O/c1-30(2)24(34)21-15-20-17-27-25(29-33(20)23(21)18-7-5-4-6-8-18)28-22-10-9-19(16-26-22)32-13-11-31(3)12-14-32/h4-10,15-17H,11-14H2,1-3H3,(H,26,28,29). The van der Waals surface area contributed by atoms with Gasteiger partial charge >= 0.3 is 0 Å². The number of fused-ring (bicyclic) bond motifs is 1. The van der Waals surface area contributed by atoms with E-state index in [2.05, 4.69) is 38.2 Å². The van der Waals surface area contributed by atoms with Crippen LogP contribution in [0.25, 0.3) is 16.8 Å². The fourth-order valence-electron chi connectivity index (χ4n) is 4.13. The quantitative estimate of drug-likeness (QED) is 0.494. The van der Waals surface area contributed by atoms with Crippen molar-refractivity contribution < 1.29 is 4.79 Å². The van der Waals surface area contributed by atoms with Gasteiger partial charge in [0.2, 0.25) is 5.95 Å². The SMILES string of the molecule is CN1CCN(c2ccc(Nc3ncc4cc(C(=O)N(C)C)c(-c5ccccc5)n4n3)nc2)CC1. The third-order valence-corrected chi connectivity index (χ3v) is 6.06. The smallest absolute Gasteiger partial charge is 0.255 e. The first-order valence-electron chi connectivity index (χ1n) is 11.3. The number of nitrogens with zero attached hydrogens (tertiary/aromatic N) is 7. The van der Waals surface area contributed by atoms with Crippen LogP contribution in [0.15, 0.2) is 60.9 Å². The van der Waals surface area contributed by atoms with Crippen molar-refractivity contribution in [2.24, 2.45) is 0 Å². The number of nitrogens with one attached hydrogen (secondary N) is 1. The minimum absolute atomic E-state index is 0.0833. The molecule has 1 aliphatic rings. The summed E-state index contributed by atoms with van der Waals surface area (Å²) >= 11 is 0. The summed E-state index contributed by atoms with van der Waals surface area (Å²) in [6.07, 6.45) is 3.60. The number of pyridine rings is 1. The summed E-state index contributed by atoms with van der Waals surface area (Å²) in [6, 6.07) is 15.6. The van der Waals surface area contributed by atoms with Crippen LogP contribution in [0.1, 0.15) is 10.4 Å². The van der Waals surface area contributed by atoms with Crippen molar-refractivity contribution in [2.75, 3.05) is 57.5 Å². The van der Waals surface area contributed by atoms with Crippen molar-refractivity contribution in [3.05, 3.63) is 66.5 Å². The molecule has 0 radical (unpaired) electrons. The van der Waals surface area contributed by atoms with Gasteiger partial charge in [0.1, 0.15) is 5.82 Å². The maximum atomic E-state index is 12.9. The summed E-state index contributed by atoms with van der Waals surface area (Å²) in [5.41, 5.74) is 4.08. The largest absolute Gasteiger partial charge is 0.368 e. The highest BCUT2D eigenvalue weighted by Gasteiger charge is 2.21. The predicted molar refractivity (Wildman–Crippen MR) is 134 cm³/mol. The minimum Gasteiger partial charge on any atom is -0.368 e. The van der Waals surface area contributed by atoms with Gasteiger partial charge in [-0.25, -0.2) is 14.5 Å². The Morgan fingerprint density at radius 3 is 2.41 bits per heavy atom. The Kier molecular flexibility index (Phi) is 5.85. The molecule has 4 heterocycles. The Bertz CT molecular complexity index is 1290. The van der Waals surface area contributed by atoms with Crippen molar-refractivity contribution in [1.29, 1.82) is 0 Å². The molecule has 0 bridgehead atoms. The van der Waals surface area contributed by atoms with Crippen LogP contribution >= 0.6 is 0 Å². The molecule has 0 aliphatic carbocycles. The molecule has 0 spiro atoms. The molecular weight excluding hydrogens is 428 g/mol. The van der Waals surface area contributed by atoms with Gasteiger partial charge in [0.05, 0.1) is 34.9 Å². The first-order valence-corrected chi connectivity index (χ1v) is 11.3. The van der Waals surface area contributed by atoms with Crippen LogP contribution in [-0.4, -0.2) is 82.6 Å². The summed E-state index contributed by atoms with van der Waals surface area (Å²) in [4.78, 5) is 28.2. The number of benzene rings is 1. The normalized spacial score (nSPS) is 14.4. The summed E-state index contributed by atoms with van der Waals surface area (Å²) in [7, 11) is 5.64. The highest BCUT2D eigenvalue weighted by atomic mass is 16.2. The Labute approximate surface area is 198 Å². The van der Waals surface area contributed by atoms with Crippen LogP contribution in [0.3, 0.4) is 0 Å². The van der Waals surface area contributed by atoms with Gasteiger partial charge in [0.25, 0.3) is 5.91 Å². The predicted octanol–water partition coefficient (Wildman–Crippen LogP) is 2.99. The Morgan fingerprint density at radius 2 is 1.74 bits per heavy atom. The van der Waals surface area contributed by atoms with E-state index in [1.165, 1.54) is 0 Å². The number of aromatic nitrogens is 4. The molecule has 34 heavy (non-hydrogen) atoms. The van der Waals surface area contributed by atoms with E-state index < -0.39 is 0 Å². The average Bonchev–Trinajstić information content (AvgIpc) is 3.24. The van der Waals surface area contributed by atoms with Crippen molar-refractivity contribution in [1.82, 2.24) is 29.4 Å². The monoisotopic (exact) mass is 456 g/mol. The molecular formula is C25H28N8O. The number of amides is 1. The summed E-state index contributed by atoms with van der Waals surface area (Å²) in [5.74, 6) is 0.985. The third-order valence-electron chi connectivity index (χ3n) is 6.06. The highest BCUT2D eigenvalue weighted by molar-refractivity contribution is 6.02. The second-order valence-corrected chi connectivity index (χ2v) is 8.71. The zero-order chi connectivity index (χ0) is 23.7. The molecule has 1 N–H and O–H groups in total. The lowest BCUT2D eigenvalue weighted by molar-refractivity contribution is 0.0828. The zero-order valence-corrected chi connectivity index (χ0v) is 19.6. The number of rotatable bonds is 5. The van der Waals surface area contributed by atoms with E-state index in [0.29, 0.717) is 17.3 Å². The second-order valence-electron chi connectivity index (χ2n) is 8.71. The van der Waals surface area contributed by atoms with E-state index in [4.69, 9.17) is 5.10 Å². The fourth-order valence-corrected chi connectivity index (χ4v) is 4.13. The maximum Gasteiger partial charge on any atom is 0.255 e. The van der Waals surface area contributed by atoms with Crippen molar-refractivity contribution in [2.45, 2.75) is 0 Å². The molecule has 0 unspecified atom stereocenters. The molecule has 1 aliphatic heterocycles. The summed E-state index contributed by atoms with van der Waals surface area (Å²) < 4.78 is 1.76. The molecule has 1 aromatic carbocycles. The fraction of sp³-hybridized carbons (Fsp3) is 0.280. The lowest BCUT2D eigenvalue weighted by Gasteiger charge is -2.33. The average molecular weight is 457 g/mol. The number of anilines is 3. The lowest BCUT2D eigenvalue weighted by Crippen LogP contribution is -2.44. The Morgan fingerprint density at radius 1 is 0.971 bits per heavy atom. The molecule has 174 valence electrons. The molecule has 5 rings (SSSR count). The molecule has 0 saturated carbocycles. The molecule has 9 heteroatoms. The Hall–Kier alpha value is -3.98. The van der Waals surface area contributed by atoms with Gasteiger partial charge in [0, 0.05) is 45.8 Å². The van der Waals surface area contributed by atoms with Gasteiger partial charge in [-0.15, -0.1) is 5.10 Å². The van der Waals surface area contributed by atoms with E-state index in [-0.39, 0.29) is 5.91 Å². The van der Waals surface area contributed by atoms with Crippen LogP contribution < -0.4 is 10.2 Å². The molecule has 1 fully saturated rings.